The third kappa shape index (κ3) is 1.47. The van der Waals surface area contributed by atoms with Crippen LogP contribution in [0.3, 0.4) is 0 Å². The lowest BCUT2D eigenvalue weighted by molar-refractivity contribution is -0.243. The normalized spacial score (nSPS) is 27.3. The van der Waals surface area contributed by atoms with Crippen molar-refractivity contribution in [3.63, 3.8) is 0 Å². The highest BCUT2D eigenvalue weighted by molar-refractivity contribution is 5.81. The zero-order valence-electron chi connectivity index (χ0n) is 9.47. The number of hydrogen-bond acceptors (Lipinski definition) is 7. The summed E-state index contributed by atoms with van der Waals surface area (Å²) in [6.07, 6.45) is 2.17. The molecule has 3 rings (SSSR count). The number of aliphatic hydroxyl groups excluding tert-OH is 2. The number of fused-ring (bicyclic) bond motifs is 1. The van der Waals surface area contributed by atoms with E-state index in [0.29, 0.717) is 17.0 Å². The van der Waals surface area contributed by atoms with Gasteiger partial charge in [-0.15, -0.1) is 0 Å². The van der Waals surface area contributed by atoms with Crippen molar-refractivity contribution in [3.05, 3.63) is 12.7 Å². The van der Waals surface area contributed by atoms with Crippen LogP contribution < -0.4 is 5.73 Å². The molecule has 3 atom stereocenters. The Kier molecular flexibility index (Phi) is 2.62. The summed E-state index contributed by atoms with van der Waals surface area (Å²) in [6.45, 7) is -0.193. The minimum Gasteiger partial charge on any atom is -0.396 e. The molecule has 3 heterocycles. The number of nitrogens with zero attached hydrogens (tertiary/aromatic N) is 4. The maximum atomic E-state index is 9.30. The van der Waals surface area contributed by atoms with Crippen LogP contribution in [0.2, 0.25) is 0 Å². The molecule has 18 heavy (non-hydrogen) atoms. The molecule has 8 nitrogen and oxygen atoms in total. The van der Waals surface area contributed by atoms with Crippen LogP contribution in [0.15, 0.2) is 12.7 Å². The van der Waals surface area contributed by atoms with Crippen molar-refractivity contribution in [2.45, 2.75) is 12.3 Å². The number of aliphatic hydroxyl groups is 2. The van der Waals surface area contributed by atoms with Crippen molar-refractivity contribution in [1.82, 2.24) is 19.5 Å². The standard InChI is InChI=1S/C10H13N5O3/c11-8-7-9(13-3-12-8)15(4-14-7)10-5(1-16)6(2-17)18-10/h3-6,10,16-17H,1-2H2,(H2,11,12,13)/t5-,6+,10+/m0/s1. The van der Waals surface area contributed by atoms with E-state index in [2.05, 4.69) is 15.0 Å². The second kappa shape index (κ2) is 4.16. The summed E-state index contributed by atoms with van der Waals surface area (Å²) in [4.78, 5) is 12.1. The first kappa shape index (κ1) is 11.3. The molecule has 1 fully saturated rings. The van der Waals surface area contributed by atoms with Gasteiger partial charge in [-0.2, -0.15) is 0 Å². The van der Waals surface area contributed by atoms with Crippen LogP contribution in [0.25, 0.3) is 11.2 Å². The Balaban J connectivity index is 1.99. The van der Waals surface area contributed by atoms with E-state index < -0.39 is 0 Å². The van der Waals surface area contributed by atoms with Gasteiger partial charge in [-0.05, 0) is 0 Å². The Morgan fingerprint density at radius 1 is 1.28 bits per heavy atom. The van der Waals surface area contributed by atoms with E-state index in [1.807, 2.05) is 0 Å². The van der Waals surface area contributed by atoms with Crippen LogP contribution in [-0.4, -0.2) is 49.0 Å². The molecule has 0 spiro atoms. The summed E-state index contributed by atoms with van der Waals surface area (Å²) < 4.78 is 7.19. The van der Waals surface area contributed by atoms with Crippen molar-refractivity contribution >= 4 is 17.0 Å². The third-order valence-electron chi connectivity index (χ3n) is 3.21. The molecule has 0 amide bonds. The molecule has 0 radical (unpaired) electrons. The summed E-state index contributed by atoms with van der Waals surface area (Å²) >= 11 is 0. The van der Waals surface area contributed by atoms with E-state index in [-0.39, 0.29) is 31.5 Å². The summed E-state index contributed by atoms with van der Waals surface area (Å²) in [5, 5.41) is 18.4. The van der Waals surface area contributed by atoms with Gasteiger partial charge in [0.2, 0.25) is 0 Å². The molecule has 0 unspecified atom stereocenters. The SMILES string of the molecule is Nc1ncnc2c1ncn2[C@@H]1O[C@H](CO)[C@@H]1CO. The molecule has 1 saturated heterocycles. The van der Waals surface area contributed by atoms with Crippen molar-refractivity contribution in [3.8, 4) is 0 Å². The van der Waals surface area contributed by atoms with Crippen molar-refractivity contribution in [1.29, 1.82) is 0 Å². The summed E-state index contributed by atoms with van der Waals surface area (Å²) in [7, 11) is 0. The van der Waals surface area contributed by atoms with Crippen LogP contribution in [0, 0.1) is 5.92 Å². The maximum absolute atomic E-state index is 9.30. The van der Waals surface area contributed by atoms with Gasteiger partial charge in [0.25, 0.3) is 0 Å². The van der Waals surface area contributed by atoms with Crippen LogP contribution in [-0.2, 0) is 4.74 Å². The highest BCUT2D eigenvalue weighted by Crippen LogP contribution is 2.38. The van der Waals surface area contributed by atoms with Gasteiger partial charge in [0.1, 0.15) is 18.1 Å². The Labute approximate surface area is 102 Å². The molecule has 96 valence electrons. The minimum absolute atomic E-state index is 0.0733. The number of nitrogens with two attached hydrogens (primary N) is 1. The van der Waals surface area contributed by atoms with E-state index >= 15 is 0 Å². The summed E-state index contributed by atoms with van der Waals surface area (Å²) in [5.74, 6) is 0.126. The fraction of sp³-hybridized carbons (Fsp3) is 0.500. The van der Waals surface area contributed by atoms with Crippen molar-refractivity contribution in [2.75, 3.05) is 18.9 Å². The Hall–Kier alpha value is -1.77. The Morgan fingerprint density at radius 2 is 2.11 bits per heavy atom. The van der Waals surface area contributed by atoms with Gasteiger partial charge >= 0.3 is 0 Å². The van der Waals surface area contributed by atoms with E-state index in [1.54, 1.807) is 10.9 Å². The molecule has 1 aliphatic rings. The van der Waals surface area contributed by atoms with Gasteiger partial charge in [-0.1, -0.05) is 0 Å². The summed E-state index contributed by atoms with van der Waals surface area (Å²) in [5.41, 5.74) is 6.76. The van der Waals surface area contributed by atoms with E-state index in [9.17, 15) is 5.11 Å². The number of nitrogen functional groups attached to an aromatic ring is 1. The zero-order valence-corrected chi connectivity index (χ0v) is 9.47. The minimum atomic E-state index is -0.383. The Morgan fingerprint density at radius 3 is 2.83 bits per heavy atom. The largest absolute Gasteiger partial charge is 0.396 e. The van der Waals surface area contributed by atoms with Gasteiger partial charge in [0, 0.05) is 0 Å². The quantitative estimate of drug-likeness (QED) is 0.633. The molecular formula is C10H13N5O3. The van der Waals surface area contributed by atoms with Gasteiger partial charge in [-0.25, -0.2) is 15.0 Å². The summed E-state index contributed by atoms with van der Waals surface area (Å²) in [6, 6.07) is 0. The molecule has 2 aromatic heterocycles. The van der Waals surface area contributed by atoms with Crippen LogP contribution in [0.1, 0.15) is 6.23 Å². The smallest absolute Gasteiger partial charge is 0.167 e. The number of anilines is 1. The lowest BCUT2D eigenvalue weighted by Gasteiger charge is -2.43. The fourth-order valence-electron chi connectivity index (χ4n) is 2.19. The van der Waals surface area contributed by atoms with Crippen LogP contribution >= 0.6 is 0 Å². The lowest BCUT2D eigenvalue weighted by atomic mass is 9.95. The molecule has 0 bridgehead atoms. The predicted molar refractivity (Wildman–Crippen MR) is 61.3 cm³/mol. The van der Waals surface area contributed by atoms with Gasteiger partial charge in [-0.3, -0.25) is 4.57 Å². The molecular weight excluding hydrogens is 238 g/mol. The second-order valence-electron chi connectivity index (χ2n) is 4.18. The zero-order chi connectivity index (χ0) is 12.7. The third-order valence-corrected chi connectivity index (χ3v) is 3.21. The van der Waals surface area contributed by atoms with Gasteiger partial charge in [0.05, 0.1) is 31.6 Å². The van der Waals surface area contributed by atoms with E-state index in [0.717, 1.165) is 0 Å². The molecule has 0 aliphatic carbocycles. The number of hydrogen-bond donors (Lipinski definition) is 3. The van der Waals surface area contributed by atoms with Crippen LogP contribution in [0.4, 0.5) is 5.82 Å². The first-order valence-corrected chi connectivity index (χ1v) is 5.56. The molecule has 8 heteroatoms. The number of aromatic nitrogens is 4. The molecule has 1 aliphatic heterocycles. The first-order valence-electron chi connectivity index (χ1n) is 5.56. The second-order valence-corrected chi connectivity index (χ2v) is 4.18. The lowest BCUT2D eigenvalue weighted by Crippen LogP contribution is -2.49. The van der Waals surface area contributed by atoms with E-state index in [4.69, 9.17) is 15.6 Å². The van der Waals surface area contributed by atoms with E-state index in [1.165, 1.54) is 6.33 Å². The van der Waals surface area contributed by atoms with Crippen molar-refractivity contribution in [2.24, 2.45) is 5.92 Å². The van der Waals surface area contributed by atoms with Gasteiger partial charge in [0.15, 0.2) is 11.5 Å². The molecule has 0 saturated carbocycles. The fourth-order valence-corrected chi connectivity index (χ4v) is 2.19. The predicted octanol–water partition coefficient (Wildman–Crippen LogP) is -1.09. The average molecular weight is 251 g/mol. The topological polar surface area (TPSA) is 119 Å². The highest BCUT2D eigenvalue weighted by Gasteiger charge is 2.43. The average Bonchev–Trinajstić information content (AvgIpc) is 2.75. The number of rotatable bonds is 3. The molecule has 0 aromatic carbocycles. The van der Waals surface area contributed by atoms with Crippen LogP contribution in [0.5, 0.6) is 0 Å². The highest BCUT2D eigenvalue weighted by atomic mass is 16.5. The first-order chi connectivity index (χ1) is 8.76. The molecule has 2 aromatic rings. The monoisotopic (exact) mass is 251 g/mol. The Bertz CT molecular complexity index is 572. The van der Waals surface area contributed by atoms with Crippen molar-refractivity contribution < 1.29 is 14.9 Å². The number of ether oxygens (including phenoxy) is 1. The number of imidazole rings is 1. The molecule has 4 N–H and O–H groups in total. The maximum Gasteiger partial charge on any atom is 0.167 e. The van der Waals surface area contributed by atoms with Gasteiger partial charge < -0.3 is 20.7 Å².